The molecule has 1 aromatic heterocycles. The average Bonchev–Trinajstić information content (AvgIpc) is 3.04. The van der Waals surface area contributed by atoms with E-state index in [1.165, 1.54) is 11.3 Å². The standard InChI is InChI=1S/C16H24N4O2S/c1-2-4-14-18-9-13(23-14)16(22)19-7-3-5-12(11-19)20-8-6-17-10-15(20)21/h9,12,17H,2-8,10-11H2,1H3. The Morgan fingerprint density at radius 3 is 3.13 bits per heavy atom. The first-order chi connectivity index (χ1) is 11.2. The zero-order valence-corrected chi connectivity index (χ0v) is 14.4. The van der Waals surface area contributed by atoms with Crippen LogP contribution in [0.2, 0.25) is 0 Å². The van der Waals surface area contributed by atoms with Crippen molar-refractivity contribution < 1.29 is 9.59 Å². The van der Waals surface area contributed by atoms with Crippen LogP contribution in [-0.2, 0) is 11.2 Å². The second kappa shape index (κ2) is 7.40. The van der Waals surface area contributed by atoms with Crippen LogP contribution < -0.4 is 5.32 Å². The van der Waals surface area contributed by atoms with E-state index in [1.54, 1.807) is 6.20 Å². The van der Waals surface area contributed by atoms with Gasteiger partial charge in [0.05, 0.1) is 17.7 Å². The zero-order valence-electron chi connectivity index (χ0n) is 13.6. The molecule has 2 saturated heterocycles. The minimum absolute atomic E-state index is 0.0668. The number of nitrogens with zero attached hydrogens (tertiary/aromatic N) is 3. The number of piperidine rings is 1. The Morgan fingerprint density at radius 2 is 2.35 bits per heavy atom. The lowest BCUT2D eigenvalue weighted by molar-refractivity contribution is -0.135. The third-order valence-electron chi connectivity index (χ3n) is 4.48. The Kier molecular flexibility index (Phi) is 5.27. The molecule has 1 unspecified atom stereocenters. The lowest BCUT2D eigenvalue weighted by atomic mass is 10.0. The first-order valence-corrected chi connectivity index (χ1v) is 9.25. The van der Waals surface area contributed by atoms with Gasteiger partial charge >= 0.3 is 0 Å². The van der Waals surface area contributed by atoms with Gasteiger partial charge < -0.3 is 15.1 Å². The van der Waals surface area contributed by atoms with Crippen molar-refractivity contribution in [3.05, 3.63) is 16.1 Å². The van der Waals surface area contributed by atoms with E-state index in [1.807, 2.05) is 9.80 Å². The van der Waals surface area contributed by atoms with Gasteiger partial charge in [0.25, 0.3) is 5.91 Å². The summed E-state index contributed by atoms with van der Waals surface area (Å²) in [5, 5.41) is 4.13. The van der Waals surface area contributed by atoms with Gasteiger partial charge in [-0.15, -0.1) is 11.3 Å². The van der Waals surface area contributed by atoms with Gasteiger partial charge in [-0.3, -0.25) is 9.59 Å². The summed E-state index contributed by atoms with van der Waals surface area (Å²) in [5.74, 6) is 0.218. The summed E-state index contributed by atoms with van der Waals surface area (Å²) >= 11 is 1.50. The first-order valence-electron chi connectivity index (χ1n) is 8.43. The second-order valence-electron chi connectivity index (χ2n) is 6.18. The number of hydrogen-bond donors (Lipinski definition) is 1. The predicted octanol–water partition coefficient (Wildman–Crippen LogP) is 1.13. The number of thiazole rings is 1. The molecule has 2 fully saturated rings. The van der Waals surface area contributed by atoms with Crippen LogP contribution in [0.25, 0.3) is 0 Å². The van der Waals surface area contributed by atoms with E-state index in [0.29, 0.717) is 13.1 Å². The molecule has 1 aromatic rings. The van der Waals surface area contributed by atoms with Crippen LogP contribution in [0.15, 0.2) is 6.20 Å². The van der Waals surface area contributed by atoms with E-state index >= 15 is 0 Å². The average molecular weight is 336 g/mol. The maximum atomic E-state index is 12.7. The molecule has 1 atom stereocenters. The smallest absolute Gasteiger partial charge is 0.265 e. The maximum absolute atomic E-state index is 12.7. The second-order valence-corrected chi connectivity index (χ2v) is 7.29. The number of carbonyl (C=O) groups is 2. The van der Waals surface area contributed by atoms with Crippen molar-refractivity contribution in [1.29, 1.82) is 0 Å². The summed E-state index contributed by atoms with van der Waals surface area (Å²) in [7, 11) is 0. The Labute approximate surface area is 140 Å². The molecule has 23 heavy (non-hydrogen) atoms. The van der Waals surface area contributed by atoms with Gasteiger partial charge in [0, 0.05) is 32.2 Å². The number of carbonyl (C=O) groups excluding carboxylic acids is 2. The minimum atomic E-state index is 0.0668. The number of aryl methyl sites for hydroxylation is 1. The molecule has 0 aliphatic carbocycles. The Hall–Kier alpha value is -1.47. The number of nitrogens with one attached hydrogen (secondary N) is 1. The Bertz CT molecular complexity index is 574. The number of amides is 2. The summed E-state index contributed by atoms with van der Waals surface area (Å²) in [6.45, 7) is 5.53. The van der Waals surface area contributed by atoms with Crippen LogP contribution in [-0.4, -0.2) is 65.4 Å². The van der Waals surface area contributed by atoms with Crippen molar-refractivity contribution >= 4 is 23.2 Å². The van der Waals surface area contributed by atoms with Crippen molar-refractivity contribution in [2.75, 3.05) is 32.7 Å². The minimum Gasteiger partial charge on any atom is -0.336 e. The maximum Gasteiger partial charge on any atom is 0.265 e. The molecule has 3 rings (SSSR count). The van der Waals surface area contributed by atoms with Crippen LogP contribution in [0.4, 0.5) is 0 Å². The number of rotatable bonds is 4. The van der Waals surface area contributed by atoms with Gasteiger partial charge in [0.1, 0.15) is 4.88 Å². The lowest BCUT2D eigenvalue weighted by Crippen LogP contribution is -2.57. The fourth-order valence-electron chi connectivity index (χ4n) is 3.30. The predicted molar refractivity (Wildman–Crippen MR) is 89.6 cm³/mol. The van der Waals surface area contributed by atoms with Crippen molar-refractivity contribution in [2.24, 2.45) is 0 Å². The molecule has 6 nitrogen and oxygen atoms in total. The number of piperazine rings is 1. The molecule has 0 aromatic carbocycles. The van der Waals surface area contributed by atoms with E-state index in [0.717, 1.165) is 55.2 Å². The molecule has 7 heteroatoms. The summed E-state index contributed by atoms with van der Waals surface area (Å²) in [6.07, 6.45) is 5.61. The molecule has 0 saturated carbocycles. The van der Waals surface area contributed by atoms with Crippen molar-refractivity contribution in [1.82, 2.24) is 20.1 Å². The summed E-state index contributed by atoms with van der Waals surface area (Å²) in [6, 6.07) is 0.158. The molecule has 1 N–H and O–H groups in total. The van der Waals surface area contributed by atoms with E-state index in [9.17, 15) is 9.59 Å². The quantitative estimate of drug-likeness (QED) is 0.895. The van der Waals surface area contributed by atoms with Crippen LogP contribution in [0.3, 0.4) is 0 Å². The third-order valence-corrected chi connectivity index (χ3v) is 5.52. The number of aromatic nitrogens is 1. The van der Waals surface area contributed by atoms with E-state index in [2.05, 4.69) is 17.2 Å². The van der Waals surface area contributed by atoms with Gasteiger partial charge in [-0.05, 0) is 25.7 Å². The number of hydrogen-bond acceptors (Lipinski definition) is 5. The topological polar surface area (TPSA) is 65.5 Å². The fraction of sp³-hybridized carbons (Fsp3) is 0.688. The van der Waals surface area contributed by atoms with Gasteiger partial charge in [-0.2, -0.15) is 0 Å². The molecule has 2 aliphatic rings. The third kappa shape index (κ3) is 3.72. The van der Waals surface area contributed by atoms with Gasteiger partial charge in [0.2, 0.25) is 5.91 Å². The van der Waals surface area contributed by atoms with Gasteiger partial charge in [-0.1, -0.05) is 6.92 Å². The molecular weight excluding hydrogens is 312 g/mol. The van der Waals surface area contributed by atoms with Crippen molar-refractivity contribution in [3.8, 4) is 0 Å². The Balaban J connectivity index is 1.65. The SMILES string of the molecule is CCCc1ncc(C(=O)N2CCCC(N3CCNCC3=O)C2)s1. The molecule has 0 radical (unpaired) electrons. The molecular formula is C16H24N4O2S. The van der Waals surface area contributed by atoms with Crippen LogP contribution in [0, 0.1) is 0 Å². The monoisotopic (exact) mass is 336 g/mol. The number of likely N-dealkylation sites (tertiary alicyclic amines) is 1. The van der Waals surface area contributed by atoms with Crippen molar-refractivity contribution in [2.45, 2.75) is 38.6 Å². The summed E-state index contributed by atoms with van der Waals surface area (Å²) in [4.78, 5) is 33.7. The molecule has 0 bridgehead atoms. The van der Waals surface area contributed by atoms with Gasteiger partial charge in [-0.25, -0.2) is 4.98 Å². The zero-order chi connectivity index (χ0) is 16.2. The highest BCUT2D eigenvalue weighted by atomic mass is 32.1. The summed E-state index contributed by atoms with van der Waals surface area (Å²) in [5.41, 5.74) is 0. The molecule has 2 aliphatic heterocycles. The molecule has 0 spiro atoms. The van der Waals surface area contributed by atoms with E-state index in [-0.39, 0.29) is 17.9 Å². The van der Waals surface area contributed by atoms with Gasteiger partial charge in [0.15, 0.2) is 0 Å². The van der Waals surface area contributed by atoms with Crippen LogP contribution in [0.1, 0.15) is 40.9 Å². The first kappa shape index (κ1) is 16.4. The van der Waals surface area contributed by atoms with Crippen LogP contribution in [0.5, 0.6) is 0 Å². The molecule has 3 heterocycles. The summed E-state index contributed by atoms with van der Waals surface area (Å²) < 4.78 is 0. The highest BCUT2D eigenvalue weighted by Gasteiger charge is 2.32. The Morgan fingerprint density at radius 1 is 1.48 bits per heavy atom. The van der Waals surface area contributed by atoms with Crippen molar-refractivity contribution in [3.63, 3.8) is 0 Å². The highest BCUT2D eigenvalue weighted by molar-refractivity contribution is 7.13. The largest absolute Gasteiger partial charge is 0.336 e. The normalized spacial score (nSPS) is 22.5. The van der Waals surface area contributed by atoms with E-state index < -0.39 is 0 Å². The molecule has 2 amide bonds. The lowest BCUT2D eigenvalue weighted by Gasteiger charge is -2.41. The molecule has 126 valence electrons. The highest BCUT2D eigenvalue weighted by Crippen LogP contribution is 2.22. The van der Waals surface area contributed by atoms with E-state index in [4.69, 9.17) is 0 Å². The van der Waals surface area contributed by atoms with Crippen LogP contribution >= 0.6 is 11.3 Å². The fourth-order valence-corrected chi connectivity index (χ4v) is 4.28.